The van der Waals surface area contributed by atoms with Crippen LogP contribution >= 0.6 is 0 Å². The van der Waals surface area contributed by atoms with Crippen molar-refractivity contribution < 1.29 is 9.90 Å². The normalized spacial score (nSPS) is 20.3. The van der Waals surface area contributed by atoms with Crippen molar-refractivity contribution in [2.24, 2.45) is 5.92 Å². The van der Waals surface area contributed by atoms with Crippen LogP contribution in [0.3, 0.4) is 0 Å². The molecule has 2 aromatic carbocycles. The molecular weight excluding hydrogens is 326 g/mol. The van der Waals surface area contributed by atoms with E-state index in [9.17, 15) is 9.90 Å². The van der Waals surface area contributed by atoms with Gasteiger partial charge < -0.3 is 10.4 Å². The number of nitrogens with one attached hydrogen (secondary N) is 1. The third-order valence-corrected chi connectivity index (χ3v) is 5.08. The summed E-state index contributed by atoms with van der Waals surface area (Å²) < 4.78 is 0. The van der Waals surface area contributed by atoms with Gasteiger partial charge in [-0.25, -0.2) is 0 Å². The van der Waals surface area contributed by atoms with E-state index in [1.54, 1.807) is 18.5 Å². The molecule has 1 saturated carbocycles. The molecule has 2 N–H and O–H groups in total. The molecule has 0 bridgehead atoms. The topological polar surface area (TPSA) is 75.1 Å². The van der Waals surface area contributed by atoms with Crippen molar-refractivity contribution in [1.29, 1.82) is 0 Å². The van der Waals surface area contributed by atoms with Crippen LogP contribution in [-0.4, -0.2) is 33.1 Å². The summed E-state index contributed by atoms with van der Waals surface area (Å²) in [5, 5.41) is 12.9. The van der Waals surface area contributed by atoms with Gasteiger partial charge in [-0.2, -0.15) is 0 Å². The van der Waals surface area contributed by atoms with E-state index < -0.39 is 0 Å². The molecule has 1 amide bonds. The highest BCUT2D eigenvalue weighted by atomic mass is 16.3. The van der Waals surface area contributed by atoms with Gasteiger partial charge in [-0.3, -0.25) is 14.8 Å². The lowest BCUT2D eigenvalue weighted by Gasteiger charge is -2.38. The molecule has 1 heterocycles. The Balaban J connectivity index is 1.57. The van der Waals surface area contributed by atoms with Gasteiger partial charge in [-0.05, 0) is 42.9 Å². The van der Waals surface area contributed by atoms with Gasteiger partial charge in [0.1, 0.15) is 5.52 Å². The first-order valence-corrected chi connectivity index (χ1v) is 8.93. The maximum absolute atomic E-state index is 12.9. The van der Waals surface area contributed by atoms with E-state index in [4.69, 9.17) is 0 Å². The van der Waals surface area contributed by atoms with Crippen molar-refractivity contribution >= 4 is 16.9 Å². The third kappa shape index (κ3) is 3.44. The molecule has 1 aliphatic rings. The summed E-state index contributed by atoms with van der Waals surface area (Å²) in [5.41, 5.74) is 3.03. The van der Waals surface area contributed by atoms with E-state index in [-0.39, 0.29) is 24.0 Å². The summed E-state index contributed by atoms with van der Waals surface area (Å²) in [6.45, 7) is 0. The van der Waals surface area contributed by atoms with Crippen LogP contribution in [0.25, 0.3) is 11.0 Å². The minimum absolute atomic E-state index is 0.0137. The first-order valence-electron chi connectivity index (χ1n) is 8.93. The Hall–Kier alpha value is -2.79. The largest absolute Gasteiger partial charge is 0.393 e. The molecule has 0 saturated heterocycles. The molecule has 5 nitrogen and oxygen atoms in total. The second-order valence-corrected chi connectivity index (χ2v) is 6.88. The van der Waals surface area contributed by atoms with Gasteiger partial charge in [0.05, 0.1) is 17.2 Å². The first-order chi connectivity index (χ1) is 12.7. The molecule has 26 heavy (non-hydrogen) atoms. The van der Waals surface area contributed by atoms with Crippen molar-refractivity contribution in [2.45, 2.75) is 31.4 Å². The highest BCUT2D eigenvalue weighted by molar-refractivity contribution is 6.04. The summed E-state index contributed by atoms with van der Waals surface area (Å²) >= 11 is 0. The SMILES string of the molecule is O=C(N[C@H](Cc1ccccc1)C1CC(O)C1)c1cccc2nccnc12. The van der Waals surface area contributed by atoms with Crippen LogP contribution in [0.5, 0.6) is 0 Å². The van der Waals surface area contributed by atoms with E-state index in [1.807, 2.05) is 30.3 Å². The van der Waals surface area contributed by atoms with Crippen molar-refractivity contribution in [3.63, 3.8) is 0 Å². The smallest absolute Gasteiger partial charge is 0.253 e. The lowest BCUT2D eigenvalue weighted by molar-refractivity contribution is 0.0239. The molecule has 1 atom stereocenters. The molecule has 5 heteroatoms. The molecule has 0 aliphatic heterocycles. The summed E-state index contributed by atoms with van der Waals surface area (Å²) in [6.07, 6.45) is 5.18. The van der Waals surface area contributed by atoms with Gasteiger partial charge in [0.25, 0.3) is 5.91 Å². The average Bonchev–Trinajstić information content (AvgIpc) is 2.65. The third-order valence-electron chi connectivity index (χ3n) is 5.08. The van der Waals surface area contributed by atoms with Crippen LogP contribution in [0.1, 0.15) is 28.8 Å². The zero-order chi connectivity index (χ0) is 17.9. The van der Waals surface area contributed by atoms with E-state index in [1.165, 1.54) is 5.56 Å². The molecule has 1 aromatic heterocycles. The van der Waals surface area contributed by atoms with Crippen LogP contribution in [0.4, 0.5) is 0 Å². The zero-order valence-electron chi connectivity index (χ0n) is 14.4. The Kier molecular flexibility index (Phi) is 4.63. The van der Waals surface area contributed by atoms with Gasteiger partial charge in [0.15, 0.2) is 0 Å². The molecule has 0 radical (unpaired) electrons. The van der Waals surface area contributed by atoms with E-state index in [0.717, 1.165) is 19.3 Å². The molecule has 0 unspecified atom stereocenters. The van der Waals surface area contributed by atoms with Crippen molar-refractivity contribution in [1.82, 2.24) is 15.3 Å². The van der Waals surface area contributed by atoms with E-state index >= 15 is 0 Å². The van der Waals surface area contributed by atoms with Gasteiger partial charge >= 0.3 is 0 Å². The Labute approximate surface area is 152 Å². The lowest BCUT2D eigenvalue weighted by atomic mass is 9.75. The van der Waals surface area contributed by atoms with Crippen LogP contribution < -0.4 is 5.32 Å². The van der Waals surface area contributed by atoms with Gasteiger partial charge in [-0.1, -0.05) is 36.4 Å². The highest BCUT2D eigenvalue weighted by Crippen LogP contribution is 2.32. The maximum Gasteiger partial charge on any atom is 0.253 e. The Morgan fingerprint density at radius 3 is 2.62 bits per heavy atom. The maximum atomic E-state index is 12.9. The number of hydrogen-bond acceptors (Lipinski definition) is 4. The van der Waals surface area contributed by atoms with Crippen LogP contribution in [-0.2, 0) is 6.42 Å². The molecular formula is C21H21N3O2. The number of aromatic nitrogens is 2. The molecule has 1 fully saturated rings. The summed E-state index contributed by atoms with van der Waals surface area (Å²) in [6, 6.07) is 15.6. The molecule has 4 rings (SSSR count). The number of amides is 1. The van der Waals surface area contributed by atoms with Crippen LogP contribution in [0.15, 0.2) is 60.9 Å². The molecule has 3 aromatic rings. The highest BCUT2D eigenvalue weighted by Gasteiger charge is 2.35. The number of fused-ring (bicyclic) bond motifs is 1. The fourth-order valence-corrected chi connectivity index (χ4v) is 3.58. The standard InChI is InChI=1S/C21H21N3O2/c25-16-12-15(13-16)19(11-14-5-2-1-3-6-14)24-21(26)17-7-4-8-18-20(17)23-10-9-22-18/h1-10,15-16,19,25H,11-13H2,(H,24,26)/t15?,16?,19-/m1/s1. The van der Waals surface area contributed by atoms with Crippen LogP contribution in [0.2, 0.25) is 0 Å². The monoisotopic (exact) mass is 347 g/mol. The van der Waals surface area contributed by atoms with Crippen LogP contribution in [0, 0.1) is 5.92 Å². The predicted octanol–water partition coefficient (Wildman–Crippen LogP) is 2.74. The number of rotatable bonds is 5. The van der Waals surface area contributed by atoms with E-state index in [2.05, 4.69) is 27.4 Å². The Bertz CT molecular complexity index is 902. The summed E-state index contributed by atoms with van der Waals surface area (Å²) in [7, 11) is 0. The van der Waals surface area contributed by atoms with E-state index in [0.29, 0.717) is 16.6 Å². The lowest BCUT2D eigenvalue weighted by Crippen LogP contribution is -2.48. The van der Waals surface area contributed by atoms with Gasteiger partial charge in [0, 0.05) is 18.4 Å². The fourth-order valence-electron chi connectivity index (χ4n) is 3.58. The second-order valence-electron chi connectivity index (χ2n) is 6.88. The molecule has 0 spiro atoms. The molecule has 1 aliphatic carbocycles. The molecule has 132 valence electrons. The Morgan fingerprint density at radius 2 is 1.85 bits per heavy atom. The number of benzene rings is 2. The van der Waals surface area contributed by atoms with Crippen molar-refractivity contribution in [3.8, 4) is 0 Å². The summed E-state index contributed by atoms with van der Waals surface area (Å²) in [4.78, 5) is 21.5. The number of aliphatic hydroxyl groups excluding tert-OH is 1. The average molecular weight is 347 g/mol. The number of nitrogens with zero attached hydrogens (tertiary/aromatic N) is 2. The Morgan fingerprint density at radius 1 is 1.08 bits per heavy atom. The number of carbonyl (C=O) groups excluding carboxylic acids is 1. The minimum atomic E-state index is -0.251. The minimum Gasteiger partial charge on any atom is -0.393 e. The number of hydrogen-bond donors (Lipinski definition) is 2. The predicted molar refractivity (Wildman–Crippen MR) is 99.7 cm³/mol. The number of para-hydroxylation sites is 1. The van der Waals surface area contributed by atoms with Crippen molar-refractivity contribution in [2.75, 3.05) is 0 Å². The van der Waals surface area contributed by atoms with Gasteiger partial charge in [0.2, 0.25) is 0 Å². The summed E-state index contributed by atoms with van der Waals surface area (Å²) in [5.74, 6) is 0.147. The fraction of sp³-hybridized carbons (Fsp3) is 0.286. The quantitative estimate of drug-likeness (QED) is 0.744. The first kappa shape index (κ1) is 16.7. The number of carbonyl (C=O) groups is 1. The second kappa shape index (κ2) is 7.22. The van der Waals surface area contributed by atoms with Crippen molar-refractivity contribution in [3.05, 3.63) is 72.1 Å². The number of aliphatic hydroxyl groups is 1. The van der Waals surface area contributed by atoms with Gasteiger partial charge in [-0.15, -0.1) is 0 Å². The zero-order valence-corrected chi connectivity index (χ0v) is 14.4.